The third-order valence-electron chi connectivity index (χ3n) is 3.39. The molecule has 4 heteroatoms. The normalized spacial score (nSPS) is 11.0. The Kier molecular flexibility index (Phi) is 5.04. The summed E-state index contributed by atoms with van der Waals surface area (Å²) < 4.78 is 4.51. The van der Waals surface area contributed by atoms with Gasteiger partial charge in [0.25, 0.3) is 0 Å². The lowest BCUT2D eigenvalue weighted by Gasteiger charge is -2.07. The quantitative estimate of drug-likeness (QED) is 0.481. The molecule has 0 unspecified atom stereocenters. The number of methoxy groups -OCH3 is 1. The molecule has 0 saturated carbocycles. The summed E-state index contributed by atoms with van der Waals surface area (Å²) in [6.45, 7) is 3.87. The fourth-order valence-electron chi connectivity index (χ4n) is 2.30. The molecule has 22 heavy (non-hydrogen) atoms. The van der Waals surface area contributed by atoms with Crippen molar-refractivity contribution in [1.29, 1.82) is 0 Å². The summed E-state index contributed by atoms with van der Waals surface area (Å²) in [6.07, 6.45) is 3.85. The number of pyridine rings is 1. The van der Waals surface area contributed by atoms with E-state index in [0.29, 0.717) is 18.4 Å². The van der Waals surface area contributed by atoms with Crippen LogP contribution in [0.5, 0.6) is 0 Å². The lowest BCUT2D eigenvalue weighted by molar-refractivity contribution is -0.134. The topological polar surface area (TPSA) is 56.3 Å². The molecule has 0 amide bonds. The Bertz CT molecular complexity index is 747. The predicted molar refractivity (Wildman–Crippen MR) is 85.9 cm³/mol. The zero-order valence-corrected chi connectivity index (χ0v) is 13.1. The highest BCUT2D eigenvalue weighted by Gasteiger charge is 2.11. The van der Waals surface area contributed by atoms with Crippen LogP contribution >= 0.6 is 0 Å². The molecule has 0 spiro atoms. The minimum absolute atomic E-state index is 0.0515. The first-order valence-corrected chi connectivity index (χ1v) is 7.17. The fraction of sp³-hybridized carbons (Fsp3) is 0.278. The molecule has 0 N–H and O–H groups in total. The van der Waals surface area contributed by atoms with Gasteiger partial charge in [-0.25, -0.2) is 4.79 Å². The molecule has 2 rings (SSSR count). The predicted octanol–water partition coefficient (Wildman–Crippen LogP) is 3.54. The van der Waals surface area contributed by atoms with Gasteiger partial charge in [0.15, 0.2) is 5.78 Å². The summed E-state index contributed by atoms with van der Waals surface area (Å²) >= 11 is 0. The second kappa shape index (κ2) is 6.98. The Labute approximate surface area is 129 Å². The highest BCUT2D eigenvalue weighted by atomic mass is 16.5. The van der Waals surface area contributed by atoms with E-state index >= 15 is 0 Å². The van der Waals surface area contributed by atoms with Gasteiger partial charge >= 0.3 is 5.97 Å². The van der Waals surface area contributed by atoms with Crippen molar-refractivity contribution in [3.8, 4) is 0 Å². The smallest absolute Gasteiger partial charge is 0.330 e. The van der Waals surface area contributed by atoms with Crippen molar-refractivity contribution in [3.63, 3.8) is 0 Å². The fourth-order valence-corrected chi connectivity index (χ4v) is 2.30. The summed E-state index contributed by atoms with van der Waals surface area (Å²) in [6, 6.07) is 7.74. The Morgan fingerprint density at radius 2 is 2.00 bits per heavy atom. The average molecular weight is 297 g/mol. The third-order valence-corrected chi connectivity index (χ3v) is 3.39. The van der Waals surface area contributed by atoms with E-state index in [0.717, 1.165) is 22.2 Å². The van der Waals surface area contributed by atoms with Crippen molar-refractivity contribution in [2.45, 2.75) is 26.7 Å². The van der Waals surface area contributed by atoms with Gasteiger partial charge in [-0.2, -0.15) is 0 Å². The summed E-state index contributed by atoms with van der Waals surface area (Å²) in [5, 5.41) is 0.882. The molecular formula is C18H19NO3. The number of allylic oxidation sites excluding steroid dienone is 1. The summed E-state index contributed by atoms with van der Waals surface area (Å²) in [5.41, 5.74) is 3.44. The number of nitrogens with zero attached hydrogens (tertiary/aromatic N) is 1. The summed E-state index contributed by atoms with van der Waals surface area (Å²) in [5.74, 6) is -0.358. The molecule has 1 heterocycles. The highest BCUT2D eigenvalue weighted by molar-refractivity contribution is 6.07. The van der Waals surface area contributed by atoms with Crippen LogP contribution in [0.4, 0.5) is 0 Å². The second-order valence-electron chi connectivity index (χ2n) is 5.22. The standard InChI is InChI=1S/C18H19NO3/c1-12-8-9-16-14(10-12)15(11-13(2)19-16)17(20)6-4-5-7-18(21)22-3/h5,7-11H,4,6H2,1-3H3/b7-5+. The highest BCUT2D eigenvalue weighted by Crippen LogP contribution is 2.21. The largest absolute Gasteiger partial charge is 0.466 e. The molecule has 0 bridgehead atoms. The molecule has 0 radical (unpaired) electrons. The van der Waals surface area contributed by atoms with Gasteiger partial charge in [-0.3, -0.25) is 9.78 Å². The number of aryl methyl sites for hydroxylation is 2. The SMILES string of the molecule is COC(=O)/C=C/CCC(=O)c1cc(C)nc2ccc(C)cc12. The van der Waals surface area contributed by atoms with E-state index in [-0.39, 0.29) is 5.78 Å². The Hall–Kier alpha value is -2.49. The number of Topliss-reactive ketones (excluding diaryl/α,β-unsaturated/α-hetero) is 1. The number of hydrogen-bond donors (Lipinski definition) is 0. The molecular weight excluding hydrogens is 278 g/mol. The van der Waals surface area contributed by atoms with Gasteiger partial charge in [0.1, 0.15) is 0 Å². The van der Waals surface area contributed by atoms with Gasteiger partial charge in [-0.05, 0) is 38.5 Å². The van der Waals surface area contributed by atoms with Crippen LogP contribution < -0.4 is 0 Å². The molecule has 1 aromatic heterocycles. The van der Waals surface area contributed by atoms with Crippen molar-refractivity contribution in [3.05, 3.63) is 53.2 Å². The molecule has 4 nitrogen and oxygen atoms in total. The molecule has 0 saturated heterocycles. The van der Waals surface area contributed by atoms with Gasteiger partial charge in [-0.15, -0.1) is 0 Å². The van der Waals surface area contributed by atoms with Crippen molar-refractivity contribution in [2.24, 2.45) is 0 Å². The maximum Gasteiger partial charge on any atom is 0.330 e. The van der Waals surface area contributed by atoms with Crippen LogP contribution in [0.2, 0.25) is 0 Å². The first-order chi connectivity index (χ1) is 10.5. The number of carbonyl (C=O) groups is 2. The lowest BCUT2D eigenvalue weighted by atomic mass is 9.99. The molecule has 0 aliphatic heterocycles. The Balaban J connectivity index is 2.22. The van der Waals surface area contributed by atoms with Crippen molar-refractivity contribution >= 4 is 22.7 Å². The minimum Gasteiger partial charge on any atom is -0.466 e. The first kappa shape index (κ1) is 15.9. The molecule has 2 aromatic rings. The van der Waals surface area contributed by atoms with E-state index in [4.69, 9.17) is 0 Å². The van der Waals surface area contributed by atoms with Crippen LogP contribution in [0.1, 0.15) is 34.5 Å². The van der Waals surface area contributed by atoms with Crippen LogP contribution in [0.15, 0.2) is 36.4 Å². The number of rotatable bonds is 5. The van der Waals surface area contributed by atoms with Crippen molar-refractivity contribution in [2.75, 3.05) is 7.11 Å². The number of esters is 1. The molecule has 0 aliphatic rings. The molecule has 1 aromatic carbocycles. The van der Waals surface area contributed by atoms with E-state index in [1.807, 2.05) is 38.1 Å². The zero-order chi connectivity index (χ0) is 16.1. The number of benzene rings is 1. The maximum atomic E-state index is 12.5. The second-order valence-corrected chi connectivity index (χ2v) is 5.22. The van der Waals surface area contributed by atoms with Crippen molar-refractivity contribution in [1.82, 2.24) is 4.98 Å². The Morgan fingerprint density at radius 3 is 2.73 bits per heavy atom. The number of fused-ring (bicyclic) bond motifs is 1. The van der Waals surface area contributed by atoms with Gasteiger partial charge in [-0.1, -0.05) is 17.7 Å². The summed E-state index contributed by atoms with van der Waals surface area (Å²) in [4.78, 5) is 27.9. The van der Waals surface area contributed by atoms with E-state index in [1.54, 1.807) is 6.08 Å². The third kappa shape index (κ3) is 3.79. The van der Waals surface area contributed by atoms with Crippen LogP contribution in [0.3, 0.4) is 0 Å². The lowest BCUT2D eigenvalue weighted by Crippen LogP contribution is -2.02. The van der Waals surface area contributed by atoms with E-state index in [9.17, 15) is 9.59 Å². The molecule has 0 aliphatic carbocycles. The number of ketones is 1. The monoisotopic (exact) mass is 297 g/mol. The zero-order valence-electron chi connectivity index (χ0n) is 13.1. The van der Waals surface area contributed by atoms with Crippen LogP contribution in [-0.2, 0) is 9.53 Å². The van der Waals surface area contributed by atoms with Gasteiger partial charge in [0, 0.05) is 29.1 Å². The van der Waals surface area contributed by atoms with Crippen LogP contribution in [0.25, 0.3) is 10.9 Å². The Morgan fingerprint density at radius 1 is 1.23 bits per heavy atom. The van der Waals surface area contributed by atoms with E-state index in [1.165, 1.54) is 13.2 Å². The number of carbonyl (C=O) groups excluding carboxylic acids is 2. The molecule has 0 fully saturated rings. The average Bonchev–Trinajstić information content (AvgIpc) is 2.50. The van der Waals surface area contributed by atoms with E-state index < -0.39 is 5.97 Å². The number of hydrogen-bond acceptors (Lipinski definition) is 4. The number of ether oxygens (including phenoxy) is 1. The van der Waals surface area contributed by atoms with Gasteiger partial charge in [0.05, 0.1) is 12.6 Å². The number of aromatic nitrogens is 1. The maximum absolute atomic E-state index is 12.5. The first-order valence-electron chi connectivity index (χ1n) is 7.17. The van der Waals surface area contributed by atoms with Gasteiger partial charge in [0.2, 0.25) is 0 Å². The molecule has 0 atom stereocenters. The molecule has 114 valence electrons. The summed E-state index contributed by atoms with van der Waals surface area (Å²) in [7, 11) is 1.33. The minimum atomic E-state index is -0.409. The van der Waals surface area contributed by atoms with Gasteiger partial charge < -0.3 is 4.74 Å². The van der Waals surface area contributed by atoms with Crippen molar-refractivity contribution < 1.29 is 14.3 Å². The van der Waals surface area contributed by atoms with E-state index in [2.05, 4.69) is 9.72 Å². The van der Waals surface area contributed by atoms with Crippen LogP contribution in [0, 0.1) is 13.8 Å². The van der Waals surface area contributed by atoms with Crippen LogP contribution in [-0.4, -0.2) is 23.8 Å².